The highest BCUT2D eigenvalue weighted by Crippen LogP contribution is 2.23. The van der Waals surface area contributed by atoms with E-state index in [-0.39, 0.29) is 43.2 Å². The number of carbonyl (C=O) groups is 2. The maximum Gasteiger partial charge on any atom is 0.243 e. The van der Waals surface area contributed by atoms with E-state index in [9.17, 15) is 14.7 Å². The second kappa shape index (κ2) is 20.6. The third kappa shape index (κ3) is 12.7. The number of aryl methyl sites for hydroxylation is 1. The van der Waals surface area contributed by atoms with Gasteiger partial charge in [0.05, 0.1) is 43.6 Å². The molecule has 0 saturated carbocycles. The molecule has 0 heterocycles. The summed E-state index contributed by atoms with van der Waals surface area (Å²) in [6.45, 7) is 11.7. The van der Waals surface area contributed by atoms with Crippen LogP contribution in [0.15, 0.2) is 42.5 Å². The minimum atomic E-state index is -0.979. The summed E-state index contributed by atoms with van der Waals surface area (Å²) < 4.78 is 16.9. The second-order valence-corrected chi connectivity index (χ2v) is 12.2. The molecule has 0 saturated heterocycles. The van der Waals surface area contributed by atoms with Crippen molar-refractivity contribution < 1.29 is 28.9 Å². The molecule has 10 heteroatoms. The Bertz CT molecular complexity index is 1250. The molecule has 0 aliphatic carbocycles. The van der Waals surface area contributed by atoms with Crippen molar-refractivity contribution in [1.29, 1.82) is 5.26 Å². The summed E-state index contributed by atoms with van der Waals surface area (Å²) in [7, 11) is 1.67. The van der Waals surface area contributed by atoms with Crippen LogP contribution in [-0.2, 0) is 38.6 Å². The summed E-state index contributed by atoms with van der Waals surface area (Å²) in [5, 5.41) is 25.8. The Balaban J connectivity index is 1.95. The van der Waals surface area contributed by atoms with Crippen LogP contribution in [0.1, 0.15) is 76.1 Å². The molecule has 0 bridgehead atoms. The third-order valence-corrected chi connectivity index (χ3v) is 8.32. The number of carbonyl (C=O) groups excluding carboxylic acids is 2. The third-order valence-electron chi connectivity index (χ3n) is 8.32. The number of amides is 2. The van der Waals surface area contributed by atoms with Crippen LogP contribution < -0.4 is 21.1 Å². The van der Waals surface area contributed by atoms with E-state index in [2.05, 4.69) is 23.6 Å². The molecule has 0 fully saturated rings. The van der Waals surface area contributed by atoms with E-state index in [1.165, 1.54) is 0 Å². The fourth-order valence-electron chi connectivity index (χ4n) is 5.00. The first-order chi connectivity index (χ1) is 22.0. The lowest BCUT2D eigenvalue weighted by Gasteiger charge is -2.29. The first kappa shape index (κ1) is 38.7. The lowest BCUT2D eigenvalue weighted by molar-refractivity contribution is -0.134. The number of hydrogen-bond acceptors (Lipinski definition) is 8. The number of ether oxygens (including phenoxy) is 3. The van der Waals surface area contributed by atoms with Gasteiger partial charge in [-0.05, 0) is 59.6 Å². The van der Waals surface area contributed by atoms with Crippen LogP contribution in [0.3, 0.4) is 0 Å². The summed E-state index contributed by atoms with van der Waals surface area (Å²) in [4.78, 5) is 26.7. The molecule has 2 amide bonds. The van der Waals surface area contributed by atoms with Crippen molar-refractivity contribution in [3.05, 3.63) is 64.7 Å². The normalized spacial score (nSPS) is 14.5. The van der Waals surface area contributed by atoms with Crippen molar-refractivity contribution in [2.45, 2.75) is 91.6 Å². The summed E-state index contributed by atoms with van der Waals surface area (Å²) in [6, 6.07) is 13.6. The topological polar surface area (TPSA) is 156 Å². The number of nitriles is 1. The molecule has 2 rings (SSSR count). The van der Waals surface area contributed by atoms with Crippen molar-refractivity contribution in [2.24, 2.45) is 23.5 Å². The van der Waals surface area contributed by atoms with E-state index in [0.29, 0.717) is 31.8 Å². The monoisotopic (exact) mass is 638 g/mol. The number of benzene rings is 2. The first-order valence-corrected chi connectivity index (χ1v) is 16.4. The Morgan fingerprint density at radius 3 is 2.33 bits per heavy atom. The Morgan fingerprint density at radius 2 is 1.72 bits per heavy atom. The average Bonchev–Trinajstić information content (AvgIpc) is 3.06. The SMILES string of the molecule is CCc1ccc(COC[C@H](N)[C@@H](O)C[C@H](C(=O)N[C@H](C(=O)NCc2ccc(C#N)cc2)[C@@H](C)CC)C(C)C)cc1OCCCOC. The highest BCUT2D eigenvalue weighted by atomic mass is 16.5. The van der Waals surface area contributed by atoms with Crippen molar-refractivity contribution in [3.63, 3.8) is 0 Å². The molecule has 0 unspecified atom stereocenters. The minimum Gasteiger partial charge on any atom is -0.493 e. The number of nitrogens with two attached hydrogens (primary N) is 1. The molecule has 2 aromatic carbocycles. The second-order valence-electron chi connectivity index (χ2n) is 12.2. The predicted octanol–water partition coefficient (Wildman–Crippen LogP) is 4.25. The maximum atomic E-state index is 13.5. The van der Waals surface area contributed by atoms with Crippen LogP contribution in [0.2, 0.25) is 0 Å². The van der Waals surface area contributed by atoms with Gasteiger partial charge in [-0.3, -0.25) is 9.59 Å². The molecule has 2 aromatic rings. The molecule has 254 valence electrons. The van der Waals surface area contributed by atoms with Crippen LogP contribution in [0.5, 0.6) is 5.75 Å². The van der Waals surface area contributed by atoms with Crippen LogP contribution in [-0.4, -0.2) is 62.0 Å². The van der Waals surface area contributed by atoms with Crippen LogP contribution >= 0.6 is 0 Å². The number of nitrogens with one attached hydrogen (secondary N) is 2. The molecule has 0 aliphatic heterocycles. The zero-order valence-corrected chi connectivity index (χ0v) is 28.4. The van der Waals surface area contributed by atoms with Gasteiger partial charge in [-0.25, -0.2) is 0 Å². The van der Waals surface area contributed by atoms with E-state index >= 15 is 0 Å². The average molecular weight is 639 g/mol. The van der Waals surface area contributed by atoms with Crippen molar-refractivity contribution in [3.8, 4) is 11.8 Å². The van der Waals surface area contributed by atoms with Gasteiger partial charge in [-0.2, -0.15) is 5.26 Å². The minimum absolute atomic E-state index is 0.0959. The van der Waals surface area contributed by atoms with Gasteiger partial charge in [0.25, 0.3) is 0 Å². The Labute approximate surface area is 275 Å². The number of hydrogen-bond donors (Lipinski definition) is 4. The summed E-state index contributed by atoms with van der Waals surface area (Å²) in [5.41, 5.74) is 9.76. The largest absolute Gasteiger partial charge is 0.493 e. The molecule has 0 radical (unpaired) electrons. The molecule has 10 nitrogen and oxygen atoms in total. The zero-order chi connectivity index (χ0) is 34.1. The Hall–Kier alpha value is -3.49. The van der Waals surface area contributed by atoms with E-state index in [1.54, 1.807) is 31.4 Å². The summed E-state index contributed by atoms with van der Waals surface area (Å²) in [6.07, 6.45) is 1.50. The zero-order valence-electron chi connectivity index (χ0n) is 28.4. The molecule has 5 N–H and O–H groups in total. The number of methoxy groups -OCH3 is 1. The van der Waals surface area contributed by atoms with Gasteiger partial charge in [0.2, 0.25) is 11.8 Å². The van der Waals surface area contributed by atoms with E-state index in [4.69, 9.17) is 25.2 Å². The molecular weight excluding hydrogens is 584 g/mol. The van der Waals surface area contributed by atoms with Gasteiger partial charge in [-0.15, -0.1) is 0 Å². The Morgan fingerprint density at radius 1 is 1.02 bits per heavy atom. The van der Waals surface area contributed by atoms with Crippen LogP contribution in [0.4, 0.5) is 0 Å². The van der Waals surface area contributed by atoms with E-state index < -0.39 is 24.1 Å². The maximum absolute atomic E-state index is 13.5. The fourth-order valence-corrected chi connectivity index (χ4v) is 5.00. The van der Waals surface area contributed by atoms with Gasteiger partial charge in [0.1, 0.15) is 11.8 Å². The number of nitrogens with zero attached hydrogens (tertiary/aromatic N) is 1. The predicted molar refractivity (Wildman–Crippen MR) is 179 cm³/mol. The Kier molecular flexibility index (Phi) is 17.3. The van der Waals surface area contributed by atoms with E-state index in [1.807, 2.05) is 45.9 Å². The summed E-state index contributed by atoms with van der Waals surface area (Å²) >= 11 is 0. The molecule has 0 aromatic heterocycles. The number of aliphatic hydroxyl groups is 1. The van der Waals surface area contributed by atoms with Crippen molar-refractivity contribution in [1.82, 2.24) is 10.6 Å². The molecular formula is C36H54N4O6. The van der Waals surface area contributed by atoms with Gasteiger partial charge in [-0.1, -0.05) is 65.3 Å². The fraction of sp³-hybridized carbons (Fsp3) is 0.583. The molecule has 46 heavy (non-hydrogen) atoms. The van der Waals surface area contributed by atoms with Crippen LogP contribution in [0.25, 0.3) is 0 Å². The van der Waals surface area contributed by atoms with Gasteiger partial charge in [0.15, 0.2) is 0 Å². The summed E-state index contributed by atoms with van der Waals surface area (Å²) in [5.74, 6) is -0.514. The van der Waals surface area contributed by atoms with Gasteiger partial charge in [0, 0.05) is 32.6 Å². The highest BCUT2D eigenvalue weighted by molar-refractivity contribution is 5.88. The number of rotatable bonds is 21. The first-order valence-electron chi connectivity index (χ1n) is 16.4. The smallest absolute Gasteiger partial charge is 0.243 e. The quantitative estimate of drug-likeness (QED) is 0.148. The highest BCUT2D eigenvalue weighted by Gasteiger charge is 2.32. The van der Waals surface area contributed by atoms with Crippen molar-refractivity contribution in [2.75, 3.05) is 26.9 Å². The van der Waals surface area contributed by atoms with Crippen molar-refractivity contribution >= 4 is 11.8 Å². The van der Waals surface area contributed by atoms with E-state index in [0.717, 1.165) is 35.3 Å². The van der Waals surface area contributed by atoms with Gasteiger partial charge >= 0.3 is 0 Å². The number of aliphatic hydroxyl groups excluding tert-OH is 1. The standard InChI is InChI=1S/C36H54N4O6/c1-7-25(5)34(36(43)39-21-27-12-10-26(20-37)11-13-27)40-35(42)30(24(3)4)19-32(41)31(38)23-45-22-28-14-15-29(8-2)33(18-28)46-17-9-16-44-6/h10-15,18,24-25,30-32,34,41H,7-9,16-17,19,21-23,38H2,1-6H3,(H,39,43)(H,40,42)/t25-,30-,31-,32-,34-/m0/s1. The lowest BCUT2D eigenvalue weighted by atomic mass is 9.86. The van der Waals surface area contributed by atoms with Gasteiger partial charge < -0.3 is 35.7 Å². The molecule has 0 spiro atoms. The molecule has 5 atom stereocenters. The molecule has 0 aliphatic rings. The lowest BCUT2D eigenvalue weighted by Crippen LogP contribution is -2.52. The van der Waals surface area contributed by atoms with Crippen LogP contribution in [0, 0.1) is 29.1 Å².